The van der Waals surface area contributed by atoms with Crippen molar-refractivity contribution in [1.82, 2.24) is 15.0 Å². The maximum absolute atomic E-state index is 4.52. The van der Waals surface area contributed by atoms with Crippen LogP contribution in [0.1, 0.15) is 6.42 Å². The van der Waals surface area contributed by atoms with E-state index in [-0.39, 0.29) is 0 Å². The van der Waals surface area contributed by atoms with E-state index < -0.39 is 0 Å². The van der Waals surface area contributed by atoms with Gasteiger partial charge in [-0.3, -0.25) is 0 Å². The van der Waals surface area contributed by atoms with Crippen molar-refractivity contribution in [2.75, 3.05) is 36.5 Å². The molecule has 5 rings (SSSR count). The molecule has 0 amide bonds. The molecule has 2 aliphatic rings. The summed E-state index contributed by atoms with van der Waals surface area (Å²) in [5, 5.41) is 1.10. The number of hydrogen-bond donors (Lipinski definition) is 1. The Morgan fingerprint density at radius 1 is 1.38 bits per heavy atom. The molecule has 3 aromatic rings. The van der Waals surface area contributed by atoms with E-state index in [9.17, 15) is 0 Å². The molecule has 24 heavy (non-hydrogen) atoms. The van der Waals surface area contributed by atoms with Crippen LogP contribution in [0.3, 0.4) is 0 Å². The summed E-state index contributed by atoms with van der Waals surface area (Å²) in [6, 6.07) is 13.7. The molecule has 0 spiro atoms. The van der Waals surface area contributed by atoms with Gasteiger partial charge in [-0.2, -0.15) is 0 Å². The number of aromatic amines is 1. The number of piperidine rings is 1. The average Bonchev–Trinajstić information content (AvgIpc) is 2.98. The second kappa shape index (κ2) is 4.97. The quantitative estimate of drug-likeness (QED) is 0.803. The predicted molar refractivity (Wildman–Crippen MR) is 95.2 cm³/mol. The number of para-hydroxylation sites is 1. The van der Waals surface area contributed by atoms with Gasteiger partial charge in [0.25, 0.3) is 0 Å². The lowest BCUT2D eigenvalue weighted by molar-refractivity contribution is 0.527. The SMILES string of the molecule is CN(C[C@@]12C[C@H]1CN(c1[c]cccc1)C2)c1ncnc2[nH]ccc12. The topological polar surface area (TPSA) is 48.1 Å². The van der Waals surface area contributed by atoms with Crippen LogP contribution in [0.4, 0.5) is 11.5 Å². The van der Waals surface area contributed by atoms with Gasteiger partial charge in [-0.15, -0.1) is 0 Å². The zero-order valence-electron chi connectivity index (χ0n) is 13.7. The molecule has 3 heterocycles. The van der Waals surface area contributed by atoms with Gasteiger partial charge < -0.3 is 14.8 Å². The molecule has 2 fully saturated rings. The Kier molecular flexibility index (Phi) is 2.86. The highest BCUT2D eigenvalue weighted by Crippen LogP contribution is 2.58. The summed E-state index contributed by atoms with van der Waals surface area (Å²) in [6.07, 6.45) is 4.89. The highest BCUT2D eigenvalue weighted by molar-refractivity contribution is 5.87. The third-order valence-corrected chi connectivity index (χ3v) is 5.59. The van der Waals surface area contributed by atoms with E-state index in [1.807, 2.05) is 18.3 Å². The molecule has 1 radical (unpaired) electrons. The van der Waals surface area contributed by atoms with Gasteiger partial charge >= 0.3 is 0 Å². The maximum atomic E-state index is 4.52. The predicted octanol–water partition coefficient (Wildman–Crippen LogP) is 2.72. The molecule has 121 valence electrons. The normalized spacial score (nSPS) is 25.0. The average molecular weight is 318 g/mol. The molecular formula is C19H20N5. The van der Waals surface area contributed by atoms with Crippen LogP contribution in [0.25, 0.3) is 11.0 Å². The summed E-state index contributed by atoms with van der Waals surface area (Å²) in [5.74, 6) is 1.81. The van der Waals surface area contributed by atoms with Gasteiger partial charge in [-0.1, -0.05) is 18.2 Å². The fourth-order valence-electron chi connectivity index (χ4n) is 4.31. The number of benzene rings is 1. The monoisotopic (exact) mass is 318 g/mol. The minimum atomic E-state index is 0.395. The largest absolute Gasteiger partial charge is 0.370 e. The first-order valence-electron chi connectivity index (χ1n) is 8.46. The molecule has 1 N–H and O–H groups in total. The van der Waals surface area contributed by atoms with E-state index in [0.29, 0.717) is 5.41 Å². The maximum Gasteiger partial charge on any atom is 0.142 e. The minimum Gasteiger partial charge on any atom is -0.370 e. The van der Waals surface area contributed by atoms with E-state index >= 15 is 0 Å². The van der Waals surface area contributed by atoms with Crippen molar-refractivity contribution in [2.45, 2.75) is 6.42 Å². The number of H-pyrrole nitrogens is 1. The van der Waals surface area contributed by atoms with Gasteiger partial charge in [0.15, 0.2) is 0 Å². The molecule has 1 saturated carbocycles. The number of anilines is 2. The van der Waals surface area contributed by atoms with Crippen molar-refractivity contribution in [3.63, 3.8) is 0 Å². The summed E-state index contributed by atoms with van der Waals surface area (Å²) >= 11 is 0. The Morgan fingerprint density at radius 3 is 3.21 bits per heavy atom. The molecule has 1 saturated heterocycles. The van der Waals surface area contributed by atoms with Crippen molar-refractivity contribution in [2.24, 2.45) is 11.3 Å². The number of aromatic nitrogens is 3. The number of nitrogens with one attached hydrogen (secondary N) is 1. The number of rotatable bonds is 4. The first kappa shape index (κ1) is 13.8. The fourth-order valence-corrected chi connectivity index (χ4v) is 4.31. The second-order valence-electron chi connectivity index (χ2n) is 7.19. The molecule has 0 bridgehead atoms. The third-order valence-electron chi connectivity index (χ3n) is 5.59. The van der Waals surface area contributed by atoms with Crippen LogP contribution in [0, 0.1) is 17.4 Å². The molecule has 5 nitrogen and oxygen atoms in total. The Hall–Kier alpha value is -2.56. The van der Waals surface area contributed by atoms with Crippen LogP contribution in [-0.2, 0) is 0 Å². The van der Waals surface area contributed by atoms with E-state index in [2.05, 4.69) is 56.1 Å². The van der Waals surface area contributed by atoms with Crippen LogP contribution >= 0.6 is 0 Å². The summed E-state index contributed by atoms with van der Waals surface area (Å²) in [5.41, 5.74) is 2.52. The van der Waals surface area contributed by atoms with Crippen molar-refractivity contribution in [3.8, 4) is 0 Å². The highest BCUT2D eigenvalue weighted by atomic mass is 15.2. The van der Waals surface area contributed by atoms with Crippen LogP contribution in [-0.4, -0.2) is 41.6 Å². The van der Waals surface area contributed by atoms with Crippen molar-refractivity contribution < 1.29 is 0 Å². The van der Waals surface area contributed by atoms with Gasteiger partial charge in [0.1, 0.15) is 17.8 Å². The smallest absolute Gasteiger partial charge is 0.142 e. The number of fused-ring (bicyclic) bond motifs is 2. The lowest BCUT2D eigenvalue weighted by Crippen LogP contribution is -2.33. The lowest BCUT2D eigenvalue weighted by Gasteiger charge is -2.27. The van der Waals surface area contributed by atoms with Crippen LogP contribution in [0.15, 0.2) is 42.9 Å². The standard InChI is InChI=1S/C19H20N5/c1-23(18-16-7-8-20-17(16)21-13-22-18)11-19-9-14(19)10-24(12-19)15-5-3-2-4-6-15/h2-5,7-8,13-14H,9-12H2,1H3,(H,20,21,22)/t14-,19+/m0/s1. The highest BCUT2D eigenvalue weighted by Gasteiger charge is 2.60. The zero-order chi connectivity index (χ0) is 16.1. The number of hydrogen-bond acceptors (Lipinski definition) is 4. The van der Waals surface area contributed by atoms with E-state index in [1.54, 1.807) is 6.33 Å². The second-order valence-corrected chi connectivity index (χ2v) is 7.19. The zero-order valence-corrected chi connectivity index (χ0v) is 13.7. The number of nitrogens with zero attached hydrogens (tertiary/aromatic N) is 4. The fraction of sp³-hybridized carbons (Fsp3) is 0.368. The van der Waals surface area contributed by atoms with E-state index in [4.69, 9.17) is 0 Å². The van der Waals surface area contributed by atoms with E-state index in [0.717, 1.165) is 42.4 Å². The summed E-state index contributed by atoms with van der Waals surface area (Å²) in [4.78, 5) is 16.8. The molecule has 1 aliphatic heterocycles. The molecule has 1 aromatic carbocycles. The Morgan fingerprint density at radius 2 is 2.33 bits per heavy atom. The Labute approximate surface area is 141 Å². The van der Waals surface area contributed by atoms with Crippen molar-refractivity contribution >= 4 is 22.5 Å². The van der Waals surface area contributed by atoms with Crippen molar-refractivity contribution in [3.05, 3.63) is 48.9 Å². The Bertz CT molecular complexity index is 874. The van der Waals surface area contributed by atoms with Crippen LogP contribution in [0.5, 0.6) is 0 Å². The van der Waals surface area contributed by atoms with Gasteiger partial charge in [0.05, 0.1) is 5.39 Å². The van der Waals surface area contributed by atoms with Gasteiger partial charge in [-0.25, -0.2) is 9.97 Å². The lowest BCUT2D eigenvalue weighted by atomic mass is 10.1. The third kappa shape index (κ3) is 2.08. The summed E-state index contributed by atoms with van der Waals surface area (Å²) < 4.78 is 0. The molecular weight excluding hydrogens is 298 g/mol. The summed E-state index contributed by atoms with van der Waals surface area (Å²) in [6.45, 7) is 3.31. The van der Waals surface area contributed by atoms with Crippen LogP contribution in [0.2, 0.25) is 0 Å². The molecule has 2 aromatic heterocycles. The Balaban J connectivity index is 1.36. The van der Waals surface area contributed by atoms with Crippen molar-refractivity contribution in [1.29, 1.82) is 0 Å². The van der Waals surface area contributed by atoms with Crippen LogP contribution < -0.4 is 9.80 Å². The molecule has 5 heteroatoms. The molecule has 1 aliphatic carbocycles. The van der Waals surface area contributed by atoms with Gasteiger partial charge in [0, 0.05) is 50.0 Å². The molecule has 2 atom stereocenters. The first-order chi connectivity index (χ1) is 11.8. The minimum absolute atomic E-state index is 0.395. The first-order valence-corrected chi connectivity index (χ1v) is 8.46. The summed E-state index contributed by atoms with van der Waals surface area (Å²) in [7, 11) is 2.15. The van der Waals surface area contributed by atoms with Gasteiger partial charge in [-0.05, 0) is 24.5 Å². The van der Waals surface area contributed by atoms with Gasteiger partial charge in [0.2, 0.25) is 0 Å². The molecule has 0 unspecified atom stereocenters. The van der Waals surface area contributed by atoms with E-state index in [1.165, 1.54) is 12.1 Å².